The molecule has 1 saturated heterocycles. The van der Waals surface area contributed by atoms with Crippen LogP contribution in [0.25, 0.3) is 0 Å². The Hall–Kier alpha value is -2.11. The predicted molar refractivity (Wildman–Crippen MR) is 109 cm³/mol. The SMILES string of the molecule is Cc1cc(OCC(=O)N2C[C@@H](C)N(Cc3ccc(F)cc3)C[C@@H]2C)ccc1Cl. The van der Waals surface area contributed by atoms with E-state index in [0.29, 0.717) is 17.3 Å². The van der Waals surface area contributed by atoms with Crippen LogP contribution in [0.2, 0.25) is 5.02 Å². The highest BCUT2D eigenvalue weighted by Gasteiger charge is 2.32. The second-order valence-corrected chi connectivity index (χ2v) is 7.91. The van der Waals surface area contributed by atoms with E-state index < -0.39 is 0 Å². The van der Waals surface area contributed by atoms with E-state index in [9.17, 15) is 9.18 Å². The summed E-state index contributed by atoms with van der Waals surface area (Å²) >= 11 is 6.03. The summed E-state index contributed by atoms with van der Waals surface area (Å²) in [6.45, 7) is 8.23. The third-order valence-corrected chi connectivity index (χ3v) is 5.65. The standard InChI is InChI=1S/C22H26ClFN2O2/c1-15-10-20(8-9-21(15)23)28-14-22(27)26-12-16(2)25(11-17(26)3)13-18-4-6-19(24)7-5-18/h4-10,16-17H,11-14H2,1-3H3/t16-,17+/m1/s1. The van der Waals surface area contributed by atoms with Gasteiger partial charge >= 0.3 is 0 Å². The minimum absolute atomic E-state index is 0.0100. The first-order chi connectivity index (χ1) is 13.3. The van der Waals surface area contributed by atoms with Crippen LogP contribution in [0.3, 0.4) is 0 Å². The number of ether oxygens (including phenoxy) is 1. The van der Waals surface area contributed by atoms with E-state index >= 15 is 0 Å². The van der Waals surface area contributed by atoms with E-state index in [1.165, 1.54) is 12.1 Å². The predicted octanol–water partition coefficient (Wildman–Crippen LogP) is 4.29. The Morgan fingerprint density at radius 3 is 2.54 bits per heavy atom. The van der Waals surface area contributed by atoms with Gasteiger partial charge in [0.15, 0.2) is 6.61 Å². The Morgan fingerprint density at radius 1 is 1.14 bits per heavy atom. The number of hydrogen-bond acceptors (Lipinski definition) is 3. The molecule has 0 aliphatic carbocycles. The molecule has 0 aromatic heterocycles. The number of amides is 1. The van der Waals surface area contributed by atoms with Gasteiger partial charge in [0, 0.05) is 36.7 Å². The molecular weight excluding hydrogens is 379 g/mol. The Balaban J connectivity index is 1.56. The fourth-order valence-corrected chi connectivity index (χ4v) is 3.64. The number of carbonyl (C=O) groups is 1. The fraction of sp³-hybridized carbons (Fsp3) is 0.409. The highest BCUT2D eigenvalue weighted by atomic mass is 35.5. The molecule has 2 aromatic rings. The summed E-state index contributed by atoms with van der Waals surface area (Å²) < 4.78 is 18.8. The lowest BCUT2D eigenvalue weighted by molar-refractivity contribution is -0.139. The van der Waals surface area contributed by atoms with Crippen molar-refractivity contribution in [2.24, 2.45) is 0 Å². The third kappa shape index (κ3) is 5.03. The lowest BCUT2D eigenvalue weighted by Gasteiger charge is -2.44. The lowest BCUT2D eigenvalue weighted by Crippen LogP contribution is -2.58. The van der Waals surface area contributed by atoms with Crippen LogP contribution in [-0.4, -0.2) is 47.5 Å². The summed E-state index contributed by atoms with van der Waals surface area (Å²) in [5, 5.41) is 0.679. The van der Waals surface area contributed by atoms with Gasteiger partial charge in [-0.25, -0.2) is 4.39 Å². The number of aryl methyl sites for hydroxylation is 1. The number of benzene rings is 2. The normalized spacial score (nSPS) is 20.2. The van der Waals surface area contributed by atoms with Crippen molar-refractivity contribution in [1.82, 2.24) is 9.80 Å². The molecule has 0 unspecified atom stereocenters. The molecule has 0 bridgehead atoms. The van der Waals surface area contributed by atoms with Gasteiger partial charge in [0.1, 0.15) is 11.6 Å². The van der Waals surface area contributed by atoms with Crippen LogP contribution in [0, 0.1) is 12.7 Å². The maximum Gasteiger partial charge on any atom is 0.260 e. The first kappa shape index (κ1) is 20.6. The molecule has 6 heteroatoms. The highest BCUT2D eigenvalue weighted by molar-refractivity contribution is 6.31. The van der Waals surface area contributed by atoms with Gasteiger partial charge < -0.3 is 9.64 Å². The van der Waals surface area contributed by atoms with Crippen molar-refractivity contribution in [2.75, 3.05) is 19.7 Å². The molecule has 2 atom stereocenters. The summed E-state index contributed by atoms with van der Waals surface area (Å²) in [4.78, 5) is 16.9. The molecule has 0 N–H and O–H groups in total. The van der Waals surface area contributed by atoms with Gasteiger partial charge in [0.25, 0.3) is 5.91 Å². The summed E-state index contributed by atoms with van der Waals surface area (Å²) in [5.74, 6) is 0.399. The third-order valence-electron chi connectivity index (χ3n) is 5.23. The molecule has 1 fully saturated rings. The van der Waals surface area contributed by atoms with Gasteiger partial charge in [-0.2, -0.15) is 0 Å². The van der Waals surface area contributed by atoms with Crippen LogP contribution in [0.1, 0.15) is 25.0 Å². The topological polar surface area (TPSA) is 32.8 Å². The molecule has 150 valence electrons. The monoisotopic (exact) mass is 404 g/mol. The van der Waals surface area contributed by atoms with Crippen molar-refractivity contribution < 1.29 is 13.9 Å². The molecule has 3 rings (SSSR count). The van der Waals surface area contributed by atoms with Crippen molar-refractivity contribution >= 4 is 17.5 Å². The Kier molecular flexibility index (Phi) is 6.57. The summed E-state index contributed by atoms with van der Waals surface area (Å²) in [5.41, 5.74) is 1.99. The van der Waals surface area contributed by atoms with Crippen LogP contribution in [-0.2, 0) is 11.3 Å². The Bertz CT molecular complexity index is 828. The average Bonchev–Trinajstić information content (AvgIpc) is 2.67. The number of piperazine rings is 1. The molecule has 1 aliphatic rings. The van der Waals surface area contributed by atoms with E-state index in [0.717, 1.165) is 24.2 Å². The van der Waals surface area contributed by atoms with Crippen molar-refractivity contribution in [3.8, 4) is 5.75 Å². The Labute approximate surface area is 170 Å². The maximum atomic E-state index is 13.1. The number of nitrogens with zero attached hydrogens (tertiary/aromatic N) is 2. The van der Waals surface area contributed by atoms with Crippen LogP contribution in [0.4, 0.5) is 4.39 Å². The van der Waals surface area contributed by atoms with Gasteiger partial charge in [-0.05, 0) is 62.2 Å². The number of hydrogen-bond donors (Lipinski definition) is 0. The zero-order valence-electron chi connectivity index (χ0n) is 16.5. The second kappa shape index (κ2) is 8.93. The van der Waals surface area contributed by atoms with E-state index in [1.54, 1.807) is 12.1 Å². The van der Waals surface area contributed by atoms with Crippen molar-refractivity contribution in [3.05, 3.63) is 64.4 Å². The zero-order valence-corrected chi connectivity index (χ0v) is 17.2. The maximum absolute atomic E-state index is 13.1. The molecule has 28 heavy (non-hydrogen) atoms. The second-order valence-electron chi connectivity index (χ2n) is 7.50. The largest absolute Gasteiger partial charge is 0.484 e. The molecule has 1 amide bonds. The first-order valence-corrected chi connectivity index (χ1v) is 9.88. The van der Waals surface area contributed by atoms with Crippen LogP contribution < -0.4 is 4.74 Å². The number of carbonyl (C=O) groups excluding carboxylic acids is 1. The van der Waals surface area contributed by atoms with Gasteiger partial charge in [0.2, 0.25) is 0 Å². The minimum atomic E-state index is -0.225. The highest BCUT2D eigenvalue weighted by Crippen LogP contribution is 2.22. The molecule has 0 spiro atoms. The average molecular weight is 405 g/mol. The van der Waals surface area contributed by atoms with Crippen LogP contribution in [0.15, 0.2) is 42.5 Å². The molecule has 2 aromatic carbocycles. The van der Waals surface area contributed by atoms with Crippen molar-refractivity contribution in [3.63, 3.8) is 0 Å². The zero-order chi connectivity index (χ0) is 20.3. The fourth-order valence-electron chi connectivity index (χ4n) is 3.53. The number of rotatable bonds is 5. The quantitative estimate of drug-likeness (QED) is 0.745. The van der Waals surface area contributed by atoms with Gasteiger partial charge in [-0.3, -0.25) is 9.69 Å². The van der Waals surface area contributed by atoms with Gasteiger partial charge in [0.05, 0.1) is 0 Å². The number of halogens is 2. The van der Waals surface area contributed by atoms with E-state index in [2.05, 4.69) is 11.8 Å². The van der Waals surface area contributed by atoms with Crippen molar-refractivity contribution in [1.29, 1.82) is 0 Å². The molecule has 1 aliphatic heterocycles. The minimum Gasteiger partial charge on any atom is -0.484 e. The smallest absolute Gasteiger partial charge is 0.260 e. The van der Waals surface area contributed by atoms with E-state index in [1.807, 2.05) is 36.9 Å². The van der Waals surface area contributed by atoms with Crippen LogP contribution >= 0.6 is 11.6 Å². The molecule has 0 radical (unpaired) electrons. The molecule has 0 saturated carbocycles. The Morgan fingerprint density at radius 2 is 1.86 bits per heavy atom. The lowest BCUT2D eigenvalue weighted by atomic mass is 10.1. The van der Waals surface area contributed by atoms with Crippen LogP contribution in [0.5, 0.6) is 5.75 Å². The van der Waals surface area contributed by atoms with Crippen molar-refractivity contribution in [2.45, 2.75) is 39.4 Å². The van der Waals surface area contributed by atoms with Gasteiger partial charge in [-0.1, -0.05) is 23.7 Å². The van der Waals surface area contributed by atoms with E-state index in [-0.39, 0.29) is 30.4 Å². The van der Waals surface area contributed by atoms with E-state index in [4.69, 9.17) is 16.3 Å². The first-order valence-electron chi connectivity index (χ1n) is 9.50. The molecule has 1 heterocycles. The molecule has 4 nitrogen and oxygen atoms in total. The van der Waals surface area contributed by atoms with Gasteiger partial charge in [-0.15, -0.1) is 0 Å². The summed E-state index contributed by atoms with van der Waals surface area (Å²) in [7, 11) is 0. The molecular formula is C22H26ClFN2O2. The summed E-state index contributed by atoms with van der Waals surface area (Å²) in [6, 6.07) is 12.3. The summed E-state index contributed by atoms with van der Waals surface area (Å²) in [6.07, 6.45) is 0.